The normalized spacial score (nSPS) is 32.0. The fraction of sp³-hybridized carbons (Fsp3) is 0.889. The molecule has 1 N–H and O–H groups in total. The molecule has 1 amide bonds. The number of likely N-dealkylation sites (tertiary alicyclic amines) is 1. The molecular weight excluding hydrogens is 276 g/mol. The number of Topliss-reactive ketones (excluding diaryl/α,β-unsaturated/α-hetero) is 1. The molecule has 0 unspecified atom stereocenters. The Balaban J connectivity index is 1.49. The maximum absolute atomic E-state index is 12.7. The number of carbonyl (C=O) groups excluding carboxylic acids is 2. The topological polar surface area (TPSA) is 49.4 Å². The molecule has 0 atom stereocenters. The first-order valence-electron chi connectivity index (χ1n) is 9.10. The summed E-state index contributed by atoms with van der Waals surface area (Å²) in [6, 6.07) is 0. The smallest absolute Gasteiger partial charge is 0.225 e. The summed E-state index contributed by atoms with van der Waals surface area (Å²) in [7, 11) is 0. The van der Waals surface area contributed by atoms with Gasteiger partial charge in [0.2, 0.25) is 5.91 Å². The minimum atomic E-state index is 0.175. The largest absolute Gasteiger partial charge is 0.342 e. The fourth-order valence-electron chi connectivity index (χ4n) is 4.66. The molecule has 0 radical (unpaired) electrons. The van der Waals surface area contributed by atoms with E-state index in [0.29, 0.717) is 17.1 Å². The molecule has 0 aromatic heterocycles. The third-order valence-electron chi connectivity index (χ3n) is 6.35. The minimum absolute atomic E-state index is 0.175. The molecule has 1 saturated carbocycles. The Kier molecular flexibility index (Phi) is 4.86. The molecule has 22 heavy (non-hydrogen) atoms. The molecule has 1 spiro atoms. The van der Waals surface area contributed by atoms with Crippen molar-refractivity contribution in [2.24, 2.45) is 17.3 Å². The van der Waals surface area contributed by atoms with Crippen LogP contribution in [0.4, 0.5) is 0 Å². The lowest BCUT2D eigenvalue weighted by atomic mass is 9.72. The first kappa shape index (κ1) is 16.0. The Morgan fingerprint density at radius 1 is 1.00 bits per heavy atom. The van der Waals surface area contributed by atoms with Crippen LogP contribution in [0.25, 0.3) is 0 Å². The lowest BCUT2D eigenvalue weighted by Gasteiger charge is -2.45. The minimum Gasteiger partial charge on any atom is -0.342 e. The number of piperidine rings is 2. The van der Waals surface area contributed by atoms with Crippen LogP contribution in [0.1, 0.15) is 58.3 Å². The highest BCUT2D eigenvalue weighted by Crippen LogP contribution is 2.38. The maximum Gasteiger partial charge on any atom is 0.225 e. The number of ketones is 1. The molecule has 2 saturated heterocycles. The number of hydrogen-bond donors (Lipinski definition) is 1. The highest BCUT2D eigenvalue weighted by atomic mass is 16.2. The summed E-state index contributed by atoms with van der Waals surface area (Å²) in [4.78, 5) is 26.3. The van der Waals surface area contributed by atoms with Gasteiger partial charge in [-0.1, -0.05) is 0 Å². The maximum atomic E-state index is 12.7. The van der Waals surface area contributed by atoms with E-state index < -0.39 is 0 Å². The van der Waals surface area contributed by atoms with E-state index in [9.17, 15) is 9.59 Å². The number of nitrogens with zero attached hydrogens (tertiary/aromatic N) is 1. The molecule has 124 valence electrons. The van der Waals surface area contributed by atoms with Crippen molar-refractivity contribution in [2.75, 3.05) is 26.2 Å². The third kappa shape index (κ3) is 3.37. The van der Waals surface area contributed by atoms with Crippen molar-refractivity contribution in [3.63, 3.8) is 0 Å². The van der Waals surface area contributed by atoms with Gasteiger partial charge in [0.05, 0.1) is 0 Å². The van der Waals surface area contributed by atoms with E-state index >= 15 is 0 Å². The van der Waals surface area contributed by atoms with Gasteiger partial charge in [-0.05, 0) is 70.3 Å². The van der Waals surface area contributed by atoms with Crippen LogP contribution < -0.4 is 5.32 Å². The molecule has 3 aliphatic rings. The first-order chi connectivity index (χ1) is 10.6. The van der Waals surface area contributed by atoms with E-state index in [1.54, 1.807) is 6.92 Å². The zero-order valence-electron chi connectivity index (χ0n) is 13.9. The van der Waals surface area contributed by atoms with Gasteiger partial charge in [-0.3, -0.25) is 9.59 Å². The van der Waals surface area contributed by atoms with Crippen LogP contribution in [-0.2, 0) is 9.59 Å². The predicted octanol–water partition coefficient (Wildman–Crippen LogP) is 2.37. The number of carbonyl (C=O) groups is 2. The zero-order chi connectivity index (χ0) is 15.6. The summed E-state index contributed by atoms with van der Waals surface area (Å²) in [5, 5.41) is 3.53. The second-order valence-electron chi connectivity index (χ2n) is 7.76. The highest BCUT2D eigenvalue weighted by molar-refractivity contribution is 5.81. The van der Waals surface area contributed by atoms with Crippen LogP contribution in [0.3, 0.4) is 0 Å². The van der Waals surface area contributed by atoms with E-state index in [1.807, 2.05) is 0 Å². The average molecular weight is 306 g/mol. The van der Waals surface area contributed by atoms with Gasteiger partial charge in [0.15, 0.2) is 0 Å². The Morgan fingerprint density at radius 3 is 2.18 bits per heavy atom. The van der Waals surface area contributed by atoms with Crippen molar-refractivity contribution in [1.82, 2.24) is 10.2 Å². The summed E-state index contributed by atoms with van der Waals surface area (Å²) in [5.74, 6) is 1.05. The van der Waals surface area contributed by atoms with Crippen molar-refractivity contribution in [1.29, 1.82) is 0 Å². The van der Waals surface area contributed by atoms with Gasteiger partial charge in [-0.15, -0.1) is 0 Å². The molecular formula is C18H30N2O2. The van der Waals surface area contributed by atoms with E-state index in [2.05, 4.69) is 10.2 Å². The second-order valence-corrected chi connectivity index (χ2v) is 7.76. The first-order valence-corrected chi connectivity index (χ1v) is 9.10. The van der Waals surface area contributed by atoms with Crippen LogP contribution in [0, 0.1) is 17.3 Å². The molecule has 0 aromatic carbocycles. The Bertz CT molecular complexity index is 411. The zero-order valence-corrected chi connectivity index (χ0v) is 13.9. The quantitative estimate of drug-likeness (QED) is 0.852. The van der Waals surface area contributed by atoms with Crippen molar-refractivity contribution < 1.29 is 9.59 Å². The number of nitrogens with one attached hydrogen (secondary N) is 1. The molecule has 3 fully saturated rings. The predicted molar refractivity (Wildman–Crippen MR) is 86.5 cm³/mol. The Hall–Kier alpha value is -0.900. The van der Waals surface area contributed by atoms with Gasteiger partial charge in [-0.2, -0.15) is 0 Å². The fourth-order valence-corrected chi connectivity index (χ4v) is 4.66. The third-order valence-corrected chi connectivity index (χ3v) is 6.35. The van der Waals surface area contributed by atoms with E-state index in [-0.39, 0.29) is 11.8 Å². The number of rotatable bonds is 2. The van der Waals surface area contributed by atoms with Crippen LogP contribution in [-0.4, -0.2) is 42.8 Å². The van der Waals surface area contributed by atoms with Crippen molar-refractivity contribution in [3.05, 3.63) is 0 Å². The van der Waals surface area contributed by atoms with Crippen LogP contribution in [0.2, 0.25) is 0 Å². The average Bonchev–Trinajstić information content (AvgIpc) is 2.56. The van der Waals surface area contributed by atoms with Crippen molar-refractivity contribution >= 4 is 11.7 Å². The molecule has 2 aliphatic heterocycles. The van der Waals surface area contributed by atoms with Gasteiger partial charge < -0.3 is 10.2 Å². The van der Waals surface area contributed by atoms with Crippen LogP contribution in [0.15, 0.2) is 0 Å². The molecule has 3 rings (SSSR count). The van der Waals surface area contributed by atoms with E-state index in [4.69, 9.17) is 0 Å². The molecule has 0 aromatic rings. The summed E-state index contributed by atoms with van der Waals surface area (Å²) in [5.41, 5.74) is 0.460. The molecule has 4 nitrogen and oxygen atoms in total. The lowest BCUT2D eigenvalue weighted by Crippen LogP contribution is -2.50. The van der Waals surface area contributed by atoms with Crippen LogP contribution in [0.5, 0.6) is 0 Å². The standard InChI is InChI=1S/C18H30N2O2/c1-14(21)15-3-5-16(6-4-15)17(22)20-11-8-18(9-12-20)7-2-10-19-13-18/h15-16,19H,2-13H2,1H3. The van der Waals surface area contributed by atoms with E-state index in [1.165, 1.54) is 12.8 Å². The van der Waals surface area contributed by atoms with Gasteiger partial charge in [-0.25, -0.2) is 0 Å². The summed E-state index contributed by atoms with van der Waals surface area (Å²) in [6.45, 7) is 5.86. The summed E-state index contributed by atoms with van der Waals surface area (Å²) >= 11 is 0. The number of hydrogen-bond acceptors (Lipinski definition) is 3. The Labute approximate surface area is 134 Å². The second kappa shape index (κ2) is 6.69. The van der Waals surface area contributed by atoms with Crippen molar-refractivity contribution in [3.8, 4) is 0 Å². The molecule has 0 bridgehead atoms. The van der Waals surface area contributed by atoms with Gasteiger partial charge in [0.1, 0.15) is 5.78 Å². The van der Waals surface area contributed by atoms with Gasteiger partial charge >= 0.3 is 0 Å². The number of amides is 1. The lowest BCUT2D eigenvalue weighted by molar-refractivity contribution is -0.140. The van der Waals surface area contributed by atoms with Gasteiger partial charge in [0, 0.05) is 31.5 Å². The molecule has 4 heteroatoms. The summed E-state index contributed by atoms with van der Waals surface area (Å²) < 4.78 is 0. The van der Waals surface area contributed by atoms with Crippen molar-refractivity contribution in [2.45, 2.75) is 58.3 Å². The highest BCUT2D eigenvalue weighted by Gasteiger charge is 2.38. The monoisotopic (exact) mass is 306 g/mol. The van der Waals surface area contributed by atoms with E-state index in [0.717, 1.165) is 64.7 Å². The molecule has 2 heterocycles. The van der Waals surface area contributed by atoms with Gasteiger partial charge in [0.25, 0.3) is 0 Å². The Morgan fingerprint density at radius 2 is 1.64 bits per heavy atom. The molecule has 1 aliphatic carbocycles. The SMILES string of the molecule is CC(=O)C1CCC(C(=O)N2CCC3(CCCNC3)CC2)CC1. The van der Waals surface area contributed by atoms with Crippen LogP contribution >= 0.6 is 0 Å². The summed E-state index contributed by atoms with van der Waals surface area (Å²) in [6.07, 6.45) is 8.57.